The first-order valence-corrected chi connectivity index (χ1v) is 10.0. The van der Waals surface area contributed by atoms with E-state index in [0.29, 0.717) is 12.5 Å². The maximum atomic E-state index is 12.4. The normalized spacial score (nSPS) is 19.4. The third-order valence-corrected chi connectivity index (χ3v) is 5.53. The summed E-state index contributed by atoms with van der Waals surface area (Å²) in [5.74, 6) is 0.540. The molecule has 2 aliphatic rings. The average Bonchev–Trinajstić information content (AvgIpc) is 3.46. The molecule has 1 heterocycles. The van der Waals surface area contributed by atoms with Crippen molar-refractivity contribution in [1.82, 2.24) is 9.80 Å². The van der Waals surface area contributed by atoms with E-state index in [2.05, 4.69) is 35.2 Å². The summed E-state index contributed by atoms with van der Waals surface area (Å²) in [6.45, 7) is 4.05. The number of hydrogen-bond donors (Lipinski definition) is 0. The van der Waals surface area contributed by atoms with Crippen LogP contribution in [0.3, 0.4) is 0 Å². The second kappa shape index (κ2) is 8.57. The molecule has 4 rings (SSSR count). The Hall–Kier alpha value is -2.33. The first-order chi connectivity index (χ1) is 13.3. The van der Waals surface area contributed by atoms with Crippen molar-refractivity contribution in [2.45, 2.75) is 38.5 Å². The van der Waals surface area contributed by atoms with E-state index in [4.69, 9.17) is 4.74 Å². The standard InChI is InChI=1S/C23H28N2O2/c26-23(27-18-20-9-5-2-6-10-20)24-14-13-21(16-24)17-25(22-11-12-22)15-19-7-3-1-4-8-19/h1-10,21-22H,11-18H2/t21-/m1/s1. The van der Waals surface area contributed by atoms with Crippen LogP contribution in [0.1, 0.15) is 30.4 Å². The Bertz CT molecular complexity index is 731. The van der Waals surface area contributed by atoms with Gasteiger partial charge < -0.3 is 9.64 Å². The molecule has 0 radical (unpaired) electrons. The quantitative estimate of drug-likeness (QED) is 0.734. The summed E-state index contributed by atoms with van der Waals surface area (Å²) in [6, 6.07) is 21.3. The number of nitrogens with zero attached hydrogens (tertiary/aromatic N) is 2. The van der Waals surface area contributed by atoms with Gasteiger partial charge in [0.15, 0.2) is 0 Å². The van der Waals surface area contributed by atoms with Crippen LogP contribution in [-0.4, -0.2) is 41.6 Å². The molecular formula is C23H28N2O2. The first kappa shape index (κ1) is 18.1. The van der Waals surface area contributed by atoms with Crippen molar-refractivity contribution in [3.8, 4) is 0 Å². The summed E-state index contributed by atoms with van der Waals surface area (Å²) in [6.07, 6.45) is 3.51. The van der Waals surface area contributed by atoms with Crippen molar-refractivity contribution in [1.29, 1.82) is 0 Å². The molecule has 1 aliphatic carbocycles. The van der Waals surface area contributed by atoms with Crippen molar-refractivity contribution in [2.75, 3.05) is 19.6 Å². The lowest BCUT2D eigenvalue weighted by Crippen LogP contribution is -2.34. The van der Waals surface area contributed by atoms with E-state index in [-0.39, 0.29) is 6.09 Å². The van der Waals surface area contributed by atoms with Gasteiger partial charge in [-0.15, -0.1) is 0 Å². The smallest absolute Gasteiger partial charge is 0.410 e. The minimum atomic E-state index is -0.178. The SMILES string of the molecule is O=C(OCc1ccccc1)N1CC[C@@H](CN(Cc2ccccc2)C2CC2)C1. The van der Waals surface area contributed by atoms with Gasteiger partial charge in [0.1, 0.15) is 6.61 Å². The van der Waals surface area contributed by atoms with Crippen LogP contribution in [0.25, 0.3) is 0 Å². The second-order valence-corrected chi connectivity index (χ2v) is 7.79. The summed E-state index contributed by atoms with van der Waals surface area (Å²) < 4.78 is 5.49. The van der Waals surface area contributed by atoms with E-state index >= 15 is 0 Å². The van der Waals surface area contributed by atoms with Crippen LogP contribution in [-0.2, 0) is 17.9 Å². The van der Waals surface area contributed by atoms with E-state index in [1.165, 1.54) is 18.4 Å². The third-order valence-electron chi connectivity index (χ3n) is 5.53. The predicted molar refractivity (Wildman–Crippen MR) is 106 cm³/mol. The number of likely N-dealkylation sites (tertiary alicyclic amines) is 1. The Balaban J connectivity index is 1.26. The van der Waals surface area contributed by atoms with Gasteiger partial charge in [0, 0.05) is 32.2 Å². The highest BCUT2D eigenvalue weighted by Crippen LogP contribution is 2.30. The summed E-state index contributed by atoms with van der Waals surface area (Å²) in [5, 5.41) is 0. The Morgan fingerprint density at radius 1 is 0.963 bits per heavy atom. The highest BCUT2D eigenvalue weighted by atomic mass is 16.6. The fraction of sp³-hybridized carbons (Fsp3) is 0.435. The van der Waals surface area contributed by atoms with Crippen LogP contribution in [0.5, 0.6) is 0 Å². The van der Waals surface area contributed by atoms with Crippen LogP contribution in [0.2, 0.25) is 0 Å². The molecule has 1 amide bonds. The lowest BCUT2D eigenvalue weighted by molar-refractivity contribution is 0.102. The van der Waals surface area contributed by atoms with Gasteiger partial charge in [-0.05, 0) is 36.3 Å². The number of carbonyl (C=O) groups is 1. The first-order valence-electron chi connectivity index (χ1n) is 10.0. The van der Waals surface area contributed by atoms with Crippen LogP contribution >= 0.6 is 0 Å². The maximum absolute atomic E-state index is 12.4. The lowest BCUT2D eigenvalue weighted by atomic mass is 10.1. The molecule has 0 N–H and O–H groups in total. The summed E-state index contributed by atoms with van der Waals surface area (Å²) >= 11 is 0. The van der Waals surface area contributed by atoms with Gasteiger partial charge in [0.2, 0.25) is 0 Å². The molecule has 1 saturated heterocycles. The zero-order valence-electron chi connectivity index (χ0n) is 15.8. The van der Waals surface area contributed by atoms with Crippen molar-refractivity contribution in [2.24, 2.45) is 5.92 Å². The van der Waals surface area contributed by atoms with Crippen molar-refractivity contribution < 1.29 is 9.53 Å². The highest BCUT2D eigenvalue weighted by molar-refractivity contribution is 5.68. The number of benzene rings is 2. The fourth-order valence-corrected chi connectivity index (χ4v) is 3.89. The minimum Gasteiger partial charge on any atom is -0.445 e. The molecule has 1 atom stereocenters. The molecule has 2 aromatic rings. The maximum Gasteiger partial charge on any atom is 0.410 e. The number of amides is 1. The van der Waals surface area contributed by atoms with Gasteiger partial charge >= 0.3 is 6.09 Å². The number of carbonyl (C=O) groups excluding carboxylic acids is 1. The van der Waals surface area contributed by atoms with Crippen LogP contribution in [0, 0.1) is 5.92 Å². The average molecular weight is 364 g/mol. The van der Waals surface area contributed by atoms with Crippen molar-refractivity contribution in [3.63, 3.8) is 0 Å². The molecule has 0 bridgehead atoms. The lowest BCUT2D eigenvalue weighted by Gasteiger charge is -2.25. The van der Waals surface area contributed by atoms with Gasteiger partial charge in [-0.25, -0.2) is 4.79 Å². The predicted octanol–water partition coefficient (Wildman–Crippen LogP) is 4.31. The van der Waals surface area contributed by atoms with Gasteiger partial charge in [-0.3, -0.25) is 4.90 Å². The van der Waals surface area contributed by atoms with E-state index in [1.54, 1.807) is 0 Å². The molecule has 4 heteroatoms. The largest absolute Gasteiger partial charge is 0.445 e. The Labute approximate surface area is 161 Å². The van der Waals surface area contributed by atoms with E-state index in [9.17, 15) is 4.79 Å². The third kappa shape index (κ3) is 5.10. The second-order valence-electron chi connectivity index (χ2n) is 7.79. The molecule has 4 nitrogen and oxygen atoms in total. The summed E-state index contributed by atoms with van der Waals surface area (Å²) in [5.41, 5.74) is 2.41. The highest BCUT2D eigenvalue weighted by Gasteiger charge is 2.34. The molecule has 0 aromatic heterocycles. The molecule has 1 aliphatic heterocycles. The van der Waals surface area contributed by atoms with Gasteiger partial charge in [0.25, 0.3) is 0 Å². The molecule has 0 unspecified atom stereocenters. The van der Waals surface area contributed by atoms with Crippen LogP contribution in [0.15, 0.2) is 60.7 Å². The number of ether oxygens (including phenoxy) is 1. The van der Waals surface area contributed by atoms with Crippen molar-refractivity contribution >= 4 is 6.09 Å². The Morgan fingerprint density at radius 3 is 2.30 bits per heavy atom. The van der Waals surface area contributed by atoms with E-state index < -0.39 is 0 Å². The zero-order valence-corrected chi connectivity index (χ0v) is 15.8. The van der Waals surface area contributed by atoms with Gasteiger partial charge in [-0.2, -0.15) is 0 Å². The molecular weight excluding hydrogens is 336 g/mol. The molecule has 2 fully saturated rings. The molecule has 2 aromatic carbocycles. The van der Waals surface area contributed by atoms with E-state index in [0.717, 1.165) is 44.2 Å². The number of rotatable bonds is 7. The Kier molecular flexibility index (Phi) is 5.73. The van der Waals surface area contributed by atoms with Crippen molar-refractivity contribution in [3.05, 3.63) is 71.8 Å². The van der Waals surface area contributed by atoms with Crippen LogP contribution in [0.4, 0.5) is 4.79 Å². The number of hydrogen-bond acceptors (Lipinski definition) is 3. The molecule has 1 saturated carbocycles. The molecule has 142 valence electrons. The Morgan fingerprint density at radius 2 is 1.63 bits per heavy atom. The van der Waals surface area contributed by atoms with Gasteiger partial charge in [-0.1, -0.05) is 60.7 Å². The summed E-state index contributed by atoms with van der Waals surface area (Å²) in [7, 11) is 0. The molecule has 27 heavy (non-hydrogen) atoms. The fourth-order valence-electron chi connectivity index (χ4n) is 3.89. The molecule has 0 spiro atoms. The monoisotopic (exact) mass is 364 g/mol. The van der Waals surface area contributed by atoms with Gasteiger partial charge in [0.05, 0.1) is 0 Å². The van der Waals surface area contributed by atoms with E-state index in [1.807, 2.05) is 35.2 Å². The topological polar surface area (TPSA) is 32.8 Å². The zero-order chi connectivity index (χ0) is 18.5. The minimum absolute atomic E-state index is 0.178. The summed E-state index contributed by atoms with van der Waals surface area (Å²) in [4.78, 5) is 16.9. The van der Waals surface area contributed by atoms with Crippen LogP contribution < -0.4 is 0 Å².